The van der Waals surface area contributed by atoms with Gasteiger partial charge in [-0.25, -0.2) is 0 Å². The van der Waals surface area contributed by atoms with E-state index in [2.05, 4.69) is 20.8 Å². The predicted molar refractivity (Wildman–Crippen MR) is 63.8 cm³/mol. The molecule has 0 radical (unpaired) electrons. The molecule has 1 aliphatic rings. The van der Waals surface area contributed by atoms with Gasteiger partial charge in [-0.05, 0) is 35.4 Å². The molecule has 0 saturated heterocycles. The molecule has 1 aromatic carbocycles. The van der Waals surface area contributed by atoms with Crippen LogP contribution in [-0.4, -0.2) is 32.3 Å². The fourth-order valence-electron chi connectivity index (χ4n) is 2.07. The van der Waals surface area contributed by atoms with Gasteiger partial charge in [-0.1, -0.05) is 12.1 Å². The molecule has 17 heavy (non-hydrogen) atoms. The molecule has 0 spiro atoms. The highest BCUT2D eigenvalue weighted by atomic mass is 15.5. The van der Waals surface area contributed by atoms with Crippen molar-refractivity contribution < 1.29 is 0 Å². The largest absolute Gasteiger partial charge is 0.380 e. The maximum absolute atomic E-state index is 5.78. The zero-order valence-electron chi connectivity index (χ0n) is 9.32. The van der Waals surface area contributed by atoms with Crippen LogP contribution in [0.4, 0.5) is 5.69 Å². The quantitative estimate of drug-likeness (QED) is 0.805. The van der Waals surface area contributed by atoms with Gasteiger partial charge in [-0.15, -0.1) is 5.10 Å². The minimum Gasteiger partial charge on any atom is -0.380 e. The number of tetrazole rings is 1. The van der Waals surface area contributed by atoms with Crippen molar-refractivity contribution in [3.8, 4) is 5.69 Å². The fourth-order valence-corrected chi connectivity index (χ4v) is 2.07. The second kappa shape index (κ2) is 4.14. The number of nitrogens with one attached hydrogen (secondary N) is 1. The molecule has 6 heteroatoms. The third kappa shape index (κ3) is 1.99. The summed E-state index contributed by atoms with van der Waals surface area (Å²) in [6.45, 7) is 0. The summed E-state index contributed by atoms with van der Waals surface area (Å²) in [5, 5.41) is 14.7. The Bertz CT molecular complexity index is 488. The second-order valence-corrected chi connectivity index (χ2v) is 4.34. The van der Waals surface area contributed by atoms with Gasteiger partial charge in [0.15, 0.2) is 0 Å². The minimum absolute atomic E-state index is 0.340. The summed E-state index contributed by atoms with van der Waals surface area (Å²) in [6.07, 6.45) is 3.63. The van der Waals surface area contributed by atoms with Gasteiger partial charge in [0.05, 0.1) is 11.4 Å². The first kappa shape index (κ1) is 10.2. The van der Waals surface area contributed by atoms with E-state index in [4.69, 9.17) is 5.73 Å². The summed E-state index contributed by atoms with van der Waals surface area (Å²) in [4.78, 5) is 0. The molecule has 6 nitrogen and oxygen atoms in total. The Morgan fingerprint density at radius 1 is 1.29 bits per heavy atom. The van der Waals surface area contributed by atoms with Crippen LogP contribution in [-0.2, 0) is 0 Å². The smallest absolute Gasteiger partial charge is 0.143 e. The normalized spacial score (nSPS) is 23.1. The van der Waals surface area contributed by atoms with Crippen molar-refractivity contribution in [2.45, 2.75) is 24.9 Å². The van der Waals surface area contributed by atoms with Gasteiger partial charge in [0.25, 0.3) is 0 Å². The van der Waals surface area contributed by atoms with Crippen molar-refractivity contribution in [2.24, 2.45) is 5.73 Å². The average Bonchev–Trinajstić information content (AvgIpc) is 2.81. The number of benzene rings is 1. The van der Waals surface area contributed by atoms with E-state index in [1.807, 2.05) is 24.3 Å². The molecular weight excluding hydrogens is 216 g/mol. The van der Waals surface area contributed by atoms with Crippen molar-refractivity contribution in [3.63, 3.8) is 0 Å². The fraction of sp³-hybridized carbons (Fsp3) is 0.364. The number of rotatable bonds is 3. The monoisotopic (exact) mass is 230 g/mol. The van der Waals surface area contributed by atoms with Gasteiger partial charge in [0, 0.05) is 12.1 Å². The highest BCUT2D eigenvalue weighted by Crippen LogP contribution is 2.26. The third-order valence-electron chi connectivity index (χ3n) is 3.03. The van der Waals surface area contributed by atoms with Gasteiger partial charge < -0.3 is 11.1 Å². The molecule has 1 aromatic heterocycles. The van der Waals surface area contributed by atoms with Crippen LogP contribution in [0, 0.1) is 0 Å². The molecule has 1 saturated carbocycles. The van der Waals surface area contributed by atoms with Crippen LogP contribution in [0.5, 0.6) is 0 Å². The molecular formula is C11H14N6. The number of para-hydroxylation sites is 2. The van der Waals surface area contributed by atoms with Crippen molar-refractivity contribution in [3.05, 3.63) is 30.6 Å². The zero-order chi connectivity index (χ0) is 11.7. The van der Waals surface area contributed by atoms with Gasteiger partial charge in [0.2, 0.25) is 0 Å². The van der Waals surface area contributed by atoms with E-state index in [1.54, 1.807) is 11.0 Å². The summed E-state index contributed by atoms with van der Waals surface area (Å²) in [5.74, 6) is 0. The number of hydrogen-bond donors (Lipinski definition) is 2. The molecule has 2 aromatic rings. The molecule has 1 aliphatic carbocycles. The second-order valence-electron chi connectivity index (χ2n) is 4.34. The van der Waals surface area contributed by atoms with Crippen LogP contribution >= 0.6 is 0 Å². The zero-order valence-corrected chi connectivity index (χ0v) is 9.32. The molecule has 1 fully saturated rings. The van der Waals surface area contributed by atoms with Crippen molar-refractivity contribution in [1.82, 2.24) is 20.2 Å². The number of nitrogens with two attached hydrogens (primary N) is 1. The van der Waals surface area contributed by atoms with E-state index in [9.17, 15) is 0 Å². The van der Waals surface area contributed by atoms with Crippen molar-refractivity contribution >= 4 is 5.69 Å². The molecule has 0 amide bonds. The predicted octanol–water partition coefficient (Wildman–Crippen LogP) is 0.564. The Morgan fingerprint density at radius 2 is 2.12 bits per heavy atom. The van der Waals surface area contributed by atoms with Crippen molar-refractivity contribution in [1.29, 1.82) is 0 Å². The molecule has 0 aliphatic heterocycles. The minimum atomic E-state index is 0.340. The SMILES string of the molecule is NC1CC(Nc2ccccc2-n2cnnn2)C1. The summed E-state index contributed by atoms with van der Waals surface area (Å²) in [6, 6.07) is 8.78. The summed E-state index contributed by atoms with van der Waals surface area (Å²) in [5.41, 5.74) is 7.77. The molecule has 3 N–H and O–H groups in total. The van der Waals surface area contributed by atoms with Gasteiger partial charge in [-0.3, -0.25) is 0 Å². The topological polar surface area (TPSA) is 81.6 Å². The summed E-state index contributed by atoms with van der Waals surface area (Å²) in [7, 11) is 0. The molecule has 0 unspecified atom stereocenters. The standard InChI is InChI=1S/C11H14N6/c12-8-5-9(6-8)14-10-3-1-2-4-11(10)17-7-13-15-16-17/h1-4,7-9,14H,5-6,12H2. The van der Waals surface area contributed by atoms with E-state index < -0.39 is 0 Å². The Balaban J connectivity index is 1.84. The van der Waals surface area contributed by atoms with E-state index in [-0.39, 0.29) is 0 Å². The highest BCUT2D eigenvalue weighted by molar-refractivity contribution is 5.61. The summed E-state index contributed by atoms with van der Waals surface area (Å²) < 4.78 is 1.65. The lowest BCUT2D eigenvalue weighted by Gasteiger charge is -2.34. The lowest BCUT2D eigenvalue weighted by molar-refractivity contribution is 0.373. The third-order valence-corrected chi connectivity index (χ3v) is 3.03. The van der Waals surface area contributed by atoms with E-state index in [1.165, 1.54) is 0 Å². The first-order valence-electron chi connectivity index (χ1n) is 5.67. The Kier molecular flexibility index (Phi) is 2.49. The first-order valence-corrected chi connectivity index (χ1v) is 5.67. The number of hydrogen-bond acceptors (Lipinski definition) is 5. The van der Waals surface area contributed by atoms with E-state index in [0.717, 1.165) is 24.2 Å². The van der Waals surface area contributed by atoms with Crippen LogP contribution in [0.25, 0.3) is 5.69 Å². The molecule has 1 heterocycles. The lowest BCUT2D eigenvalue weighted by atomic mass is 9.87. The van der Waals surface area contributed by atoms with Gasteiger partial charge in [0.1, 0.15) is 6.33 Å². The summed E-state index contributed by atoms with van der Waals surface area (Å²) >= 11 is 0. The van der Waals surface area contributed by atoms with Crippen LogP contribution in [0.3, 0.4) is 0 Å². The van der Waals surface area contributed by atoms with E-state index in [0.29, 0.717) is 12.1 Å². The highest BCUT2D eigenvalue weighted by Gasteiger charge is 2.26. The van der Waals surface area contributed by atoms with Gasteiger partial charge in [-0.2, -0.15) is 4.68 Å². The number of anilines is 1. The van der Waals surface area contributed by atoms with Crippen LogP contribution in [0.15, 0.2) is 30.6 Å². The molecule has 3 rings (SSSR count). The number of aromatic nitrogens is 4. The van der Waals surface area contributed by atoms with Crippen LogP contribution in [0.1, 0.15) is 12.8 Å². The molecule has 88 valence electrons. The van der Waals surface area contributed by atoms with Crippen molar-refractivity contribution in [2.75, 3.05) is 5.32 Å². The maximum Gasteiger partial charge on any atom is 0.143 e. The van der Waals surface area contributed by atoms with E-state index >= 15 is 0 Å². The average molecular weight is 230 g/mol. The van der Waals surface area contributed by atoms with Crippen LogP contribution < -0.4 is 11.1 Å². The molecule has 0 bridgehead atoms. The Morgan fingerprint density at radius 3 is 2.82 bits per heavy atom. The van der Waals surface area contributed by atoms with Crippen LogP contribution in [0.2, 0.25) is 0 Å². The maximum atomic E-state index is 5.78. The lowest BCUT2D eigenvalue weighted by Crippen LogP contribution is -2.44. The first-order chi connectivity index (χ1) is 8.33. The Hall–Kier alpha value is -1.95. The Labute approximate surface area is 98.8 Å². The van der Waals surface area contributed by atoms with Gasteiger partial charge >= 0.3 is 0 Å². The number of nitrogens with zero attached hydrogens (tertiary/aromatic N) is 4. The molecule has 0 atom stereocenters.